The lowest BCUT2D eigenvalue weighted by molar-refractivity contribution is -0.302. The highest BCUT2D eigenvalue weighted by molar-refractivity contribution is 5.76. The van der Waals surface area contributed by atoms with Crippen molar-refractivity contribution < 1.29 is 39.8 Å². The number of ether oxygens (including phenoxy) is 2. The molecule has 0 aliphatic carbocycles. The number of unbranched alkanes of at least 4 members (excludes halogenated alkanes) is 44. The zero-order valence-corrected chi connectivity index (χ0v) is 51.9. The van der Waals surface area contributed by atoms with Crippen LogP contribution in [0.15, 0.2) is 48.6 Å². The van der Waals surface area contributed by atoms with Crippen LogP contribution in [0.3, 0.4) is 0 Å². The minimum absolute atomic E-state index is 0.183. The van der Waals surface area contributed by atoms with Gasteiger partial charge in [-0.05, 0) is 64.2 Å². The summed E-state index contributed by atoms with van der Waals surface area (Å²) in [4.78, 5) is 13.1. The molecule has 7 unspecified atom stereocenters. The first-order valence-electron chi connectivity index (χ1n) is 34.4. The lowest BCUT2D eigenvalue weighted by Crippen LogP contribution is -2.60. The molecule has 0 saturated carbocycles. The summed E-state index contributed by atoms with van der Waals surface area (Å²) >= 11 is 0. The third-order valence-corrected chi connectivity index (χ3v) is 16.4. The van der Waals surface area contributed by atoms with Crippen LogP contribution in [-0.4, -0.2) is 87.5 Å². The van der Waals surface area contributed by atoms with Gasteiger partial charge in [0.25, 0.3) is 0 Å². The Kier molecular flexibility index (Phi) is 56.4. The van der Waals surface area contributed by atoms with Crippen LogP contribution >= 0.6 is 0 Å². The molecule has 1 amide bonds. The molecule has 0 bridgehead atoms. The van der Waals surface area contributed by atoms with Crippen LogP contribution in [0.1, 0.15) is 335 Å². The first-order valence-corrected chi connectivity index (χ1v) is 34.4. The highest BCUT2D eigenvalue weighted by Gasteiger charge is 2.44. The number of carbonyl (C=O) groups excluding carboxylic acids is 1. The lowest BCUT2D eigenvalue weighted by Gasteiger charge is -2.40. The molecule has 7 atom stereocenters. The second-order valence-corrected chi connectivity index (χ2v) is 24.0. The van der Waals surface area contributed by atoms with Crippen LogP contribution in [0.5, 0.6) is 0 Å². The molecule has 79 heavy (non-hydrogen) atoms. The molecule has 0 aromatic rings. The fraction of sp³-hybridized carbons (Fsp3) is 0.871. The number of nitrogens with one attached hydrogen (secondary N) is 1. The summed E-state index contributed by atoms with van der Waals surface area (Å²) in [5, 5.41) is 54.6. The smallest absolute Gasteiger partial charge is 0.220 e. The van der Waals surface area contributed by atoms with Crippen molar-refractivity contribution in [2.45, 2.75) is 378 Å². The van der Waals surface area contributed by atoms with Gasteiger partial charge in [0, 0.05) is 6.42 Å². The van der Waals surface area contributed by atoms with Gasteiger partial charge in [-0.2, -0.15) is 0 Å². The minimum Gasteiger partial charge on any atom is -0.394 e. The van der Waals surface area contributed by atoms with Gasteiger partial charge >= 0.3 is 0 Å². The third kappa shape index (κ3) is 48.3. The molecule has 464 valence electrons. The Bertz CT molecular complexity index is 1380. The minimum atomic E-state index is -1.57. The van der Waals surface area contributed by atoms with Gasteiger partial charge in [0.1, 0.15) is 24.4 Å². The van der Waals surface area contributed by atoms with E-state index in [4.69, 9.17) is 9.47 Å². The molecule has 9 nitrogen and oxygen atoms in total. The predicted molar refractivity (Wildman–Crippen MR) is 336 cm³/mol. The molecule has 1 heterocycles. The summed E-state index contributed by atoms with van der Waals surface area (Å²) in [5.74, 6) is -0.183. The van der Waals surface area contributed by atoms with Crippen molar-refractivity contribution in [3.05, 3.63) is 48.6 Å². The maximum atomic E-state index is 13.1. The van der Waals surface area contributed by atoms with Gasteiger partial charge < -0.3 is 40.3 Å². The monoisotopic (exact) mass is 1110 g/mol. The van der Waals surface area contributed by atoms with Crippen molar-refractivity contribution in [3.63, 3.8) is 0 Å². The van der Waals surface area contributed by atoms with E-state index >= 15 is 0 Å². The molecule has 1 saturated heterocycles. The van der Waals surface area contributed by atoms with E-state index in [0.29, 0.717) is 6.42 Å². The van der Waals surface area contributed by atoms with Crippen molar-refractivity contribution in [1.82, 2.24) is 5.32 Å². The average molecular weight is 1110 g/mol. The summed E-state index contributed by atoms with van der Waals surface area (Å²) < 4.78 is 11.3. The van der Waals surface area contributed by atoms with E-state index in [0.717, 1.165) is 44.9 Å². The van der Waals surface area contributed by atoms with Gasteiger partial charge in [0.05, 0.1) is 25.4 Å². The fourth-order valence-corrected chi connectivity index (χ4v) is 11.0. The number of rotatable bonds is 60. The number of allylic oxidation sites excluding steroid dienone is 7. The number of hydrogen-bond acceptors (Lipinski definition) is 8. The van der Waals surface area contributed by atoms with E-state index in [1.54, 1.807) is 6.08 Å². The molecule has 1 fully saturated rings. The molecule has 1 aliphatic heterocycles. The van der Waals surface area contributed by atoms with Gasteiger partial charge in [-0.1, -0.05) is 313 Å². The Morgan fingerprint density at radius 1 is 0.430 bits per heavy atom. The van der Waals surface area contributed by atoms with Crippen LogP contribution in [0, 0.1) is 0 Å². The fourth-order valence-electron chi connectivity index (χ4n) is 11.0. The van der Waals surface area contributed by atoms with E-state index in [1.165, 1.54) is 270 Å². The van der Waals surface area contributed by atoms with E-state index in [9.17, 15) is 30.3 Å². The third-order valence-electron chi connectivity index (χ3n) is 16.4. The van der Waals surface area contributed by atoms with Crippen molar-refractivity contribution >= 4 is 5.91 Å². The Balaban J connectivity index is 2.07. The maximum Gasteiger partial charge on any atom is 0.220 e. The maximum absolute atomic E-state index is 13.1. The summed E-state index contributed by atoms with van der Waals surface area (Å²) in [5.41, 5.74) is 0. The first kappa shape index (κ1) is 75.2. The van der Waals surface area contributed by atoms with Crippen LogP contribution in [0.4, 0.5) is 0 Å². The number of hydrogen-bond donors (Lipinski definition) is 6. The predicted octanol–water partition coefficient (Wildman–Crippen LogP) is 18.4. The van der Waals surface area contributed by atoms with Crippen LogP contribution in [0.25, 0.3) is 0 Å². The quantitative estimate of drug-likeness (QED) is 0.0261. The zero-order valence-electron chi connectivity index (χ0n) is 51.9. The molecular formula is C70H131NO8. The van der Waals surface area contributed by atoms with E-state index < -0.39 is 49.5 Å². The lowest BCUT2D eigenvalue weighted by atomic mass is 9.99. The Labute approximate surface area is 488 Å². The summed E-state index contributed by atoms with van der Waals surface area (Å²) in [6.07, 6.45) is 73.8. The Morgan fingerprint density at radius 3 is 1.14 bits per heavy atom. The Hall–Kier alpha value is -1.85. The largest absolute Gasteiger partial charge is 0.394 e. The van der Waals surface area contributed by atoms with Crippen molar-refractivity contribution in [2.75, 3.05) is 13.2 Å². The van der Waals surface area contributed by atoms with Gasteiger partial charge in [-0.3, -0.25) is 4.79 Å². The molecule has 0 spiro atoms. The topological polar surface area (TPSA) is 149 Å². The number of aliphatic hydroxyl groups excluding tert-OH is 5. The molecule has 0 radical (unpaired) electrons. The van der Waals surface area contributed by atoms with E-state index in [2.05, 4.69) is 55.6 Å². The van der Waals surface area contributed by atoms with Crippen molar-refractivity contribution in [3.8, 4) is 0 Å². The summed E-state index contributed by atoms with van der Waals surface area (Å²) in [6.45, 7) is 3.80. The van der Waals surface area contributed by atoms with E-state index in [1.807, 2.05) is 6.08 Å². The molecule has 0 aromatic heterocycles. The van der Waals surface area contributed by atoms with Crippen LogP contribution in [0.2, 0.25) is 0 Å². The zero-order chi connectivity index (χ0) is 57.2. The number of amides is 1. The average Bonchev–Trinajstić information content (AvgIpc) is 3.47. The number of carbonyl (C=O) groups is 1. The first-order chi connectivity index (χ1) is 38.8. The molecule has 6 N–H and O–H groups in total. The van der Waals surface area contributed by atoms with Gasteiger partial charge in [-0.25, -0.2) is 0 Å². The van der Waals surface area contributed by atoms with Gasteiger partial charge in [-0.15, -0.1) is 0 Å². The second-order valence-electron chi connectivity index (χ2n) is 24.0. The Morgan fingerprint density at radius 2 is 0.759 bits per heavy atom. The normalized spacial score (nSPS) is 18.8. The number of aliphatic hydroxyl groups is 5. The van der Waals surface area contributed by atoms with Gasteiger partial charge in [0.2, 0.25) is 5.91 Å². The van der Waals surface area contributed by atoms with Crippen LogP contribution < -0.4 is 5.32 Å². The standard InChI is InChI=1S/C70H131NO8/c1-3-5-7-9-11-13-15-17-19-21-22-23-24-25-26-27-28-29-30-31-32-33-34-35-36-37-38-39-40-41-42-44-46-48-50-52-54-56-58-60-66(74)71-63(62-78-70-69(77)68(76)67(75)65(61-72)79-70)64(73)59-57-55-53-51-49-47-45-43-20-18-16-14-12-10-8-6-4-2/h28-29,31-32,49,51,57,59,63-65,67-70,72-73,75-77H,3-27,30,33-48,50,52-56,58,60-62H2,1-2H3,(H,71,74)/b29-28-,32-31-,51-49+,59-57+. The highest BCUT2D eigenvalue weighted by atomic mass is 16.7. The van der Waals surface area contributed by atoms with Gasteiger partial charge in [0.15, 0.2) is 6.29 Å². The second kappa shape index (κ2) is 59.3. The molecule has 9 heteroatoms. The molecule has 1 aliphatic rings. The summed E-state index contributed by atoms with van der Waals surface area (Å²) in [7, 11) is 0. The summed E-state index contributed by atoms with van der Waals surface area (Å²) in [6, 6.07) is -0.822. The van der Waals surface area contributed by atoms with Crippen LogP contribution in [-0.2, 0) is 14.3 Å². The SMILES string of the molecule is CCCCCCCCCCCCC/C=C/CC/C=C/C(O)C(COC1OC(CO)C(O)C(O)C1O)NC(=O)CCCCCCCCCCCCCCCCCCC/C=C\C/C=C\CCCCCCCCCCCCCCCCC. The van der Waals surface area contributed by atoms with Crippen molar-refractivity contribution in [1.29, 1.82) is 0 Å². The molecule has 1 rings (SSSR count). The highest BCUT2D eigenvalue weighted by Crippen LogP contribution is 2.23. The van der Waals surface area contributed by atoms with E-state index in [-0.39, 0.29) is 12.5 Å². The van der Waals surface area contributed by atoms with Crippen molar-refractivity contribution in [2.24, 2.45) is 0 Å². The molecule has 0 aromatic carbocycles. The molecular weight excluding hydrogens is 983 g/mol.